The maximum absolute atomic E-state index is 5.61. The van der Waals surface area contributed by atoms with Gasteiger partial charge in [-0.05, 0) is 56.2 Å². The van der Waals surface area contributed by atoms with Gasteiger partial charge in [-0.3, -0.25) is 0 Å². The Morgan fingerprint density at radius 1 is 1.10 bits per heavy atom. The van der Waals surface area contributed by atoms with Crippen molar-refractivity contribution in [3.63, 3.8) is 0 Å². The molecule has 1 fully saturated rings. The highest BCUT2D eigenvalue weighted by Gasteiger charge is 2.17. The molecule has 0 amide bonds. The minimum atomic E-state index is 0.806. The predicted molar refractivity (Wildman–Crippen MR) is 85.9 cm³/mol. The van der Waals surface area contributed by atoms with Gasteiger partial charge in [0.15, 0.2) is 0 Å². The van der Waals surface area contributed by atoms with Crippen molar-refractivity contribution in [3.05, 3.63) is 36.0 Å². The Hall–Kier alpha value is -1.28. The second kappa shape index (κ2) is 6.45. The number of rotatable bonds is 6. The summed E-state index contributed by atoms with van der Waals surface area (Å²) in [6, 6.07) is 8.88. The van der Waals surface area contributed by atoms with Crippen LogP contribution in [0, 0.1) is 5.92 Å². The molecule has 3 rings (SSSR count). The van der Waals surface area contributed by atoms with Gasteiger partial charge < -0.3 is 10.3 Å². The highest BCUT2D eigenvalue weighted by atomic mass is 15.0. The molecule has 20 heavy (non-hydrogen) atoms. The molecule has 0 atom stereocenters. The molecular weight excluding hydrogens is 244 g/mol. The molecule has 1 aliphatic rings. The normalized spacial score (nSPS) is 16.2. The highest BCUT2D eigenvalue weighted by Crippen LogP contribution is 2.29. The summed E-state index contributed by atoms with van der Waals surface area (Å²) in [5, 5.41) is 1.45. The summed E-state index contributed by atoms with van der Waals surface area (Å²) in [5.74, 6) is 0.891. The van der Waals surface area contributed by atoms with E-state index in [9.17, 15) is 0 Å². The Bertz CT molecular complexity index is 550. The minimum Gasteiger partial charge on any atom is -0.347 e. The van der Waals surface area contributed by atoms with E-state index in [1.165, 1.54) is 55.1 Å². The molecule has 0 bridgehead atoms. The van der Waals surface area contributed by atoms with Crippen LogP contribution in [0.15, 0.2) is 30.5 Å². The lowest BCUT2D eigenvalue weighted by Gasteiger charge is -2.11. The van der Waals surface area contributed by atoms with Crippen molar-refractivity contribution in [2.45, 2.75) is 51.5 Å². The van der Waals surface area contributed by atoms with Gasteiger partial charge in [0.05, 0.1) is 0 Å². The molecule has 0 spiro atoms. The second-order valence-corrected chi connectivity index (χ2v) is 6.22. The van der Waals surface area contributed by atoms with Gasteiger partial charge in [0.1, 0.15) is 0 Å². The Balaban J connectivity index is 1.83. The summed E-state index contributed by atoms with van der Waals surface area (Å²) in [6.45, 7) is 2.01. The fourth-order valence-electron chi connectivity index (χ4n) is 3.60. The summed E-state index contributed by atoms with van der Waals surface area (Å²) in [6.07, 6.45) is 11.6. The van der Waals surface area contributed by atoms with Crippen LogP contribution >= 0.6 is 0 Å². The highest BCUT2D eigenvalue weighted by molar-refractivity contribution is 5.84. The maximum Gasteiger partial charge on any atom is 0.0483 e. The summed E-state index contributed by atoms with van der Waals surface area (Å²) >= 11 is 0. The topological polar surface area (TPSA) is 30.9 Å². The summed E-state index contributed by atoms with van der Waals surface area (Å²) in [5.41, 5.74) is 8.54. The molecule has 0 aliphatic heterocycles. The number of hydrogen-bond acceptors (Lipinski definition) is 1. The molecule has 108 valence electrons. The van der Waals surface area contributed by atoms with Crippen molar-refractivity contribution in [2.75, 3.05) is 6.54 Å². The zero-order valence-corrected chi connectivity index (χ0v) is 12.4. The molecular formula is C18H26N2. The quantitative estimate of drug-likeness (QED) is 0.787. The molecule has 0 radical (unpaired) electrons. The van der Waals surface area contributed by atoms with Crippen LogP contribution in [0.2, 0.25) is 0 Å². The molecule has 2 nitrogen and oxygen atoms in total. The first-order valence-corrected chi connectivity index (χ1v) is 8.15. The van der Waals surface area contributed by atoms with Crippen molar-refractivity contribution >= 4 is 10.9 Å². The first kappa shape index (κ1) is 13.7. The fraction of sp³-hybridized carbons (Fsp3) is 0.556. The van der Waals surface area contributed by atoms with Gasteiger partial charge in [-0.2, -0.15) is 0 Å². The molecule has 0 unspecified atom stereocenters. The van der Waals surface area contributed by atoms with E-state index in [-0.39, 0.29) is 0 Å². The molecule has 2 N–H and O–H groups in total. The fourth-order valence-corrected chi connectivity index (χ4v) is 3.60. The molecule has 1 aromatic heterocycles. The smallest absolute Gasteiger partial charge is 0.0483 e. The van der Waals surface area contributed by atoms with Crippen LogP contribution in [0.5, 0.6) is 0 Å². The molecule has 1 aromatic carbocycles. The van der Waals surface area contributed by atoms with Gasteiger partial charge in [-0.1, -0.05) is 31.0 Å². The minimum absolute atomic E-state index is 0.806. The number of nitrogens with zero attached hydrogens (tertiary/aromatic N) is 1. The van der Waals surface area contributed by atoms with E-state index in [1.54, 1.807) is 0 Å². The lowest BCUT2D eigenvalue weighted by molar-refractivity contribution is 0.465. The Labute approximate surface area is 122 Å². The molecule has 2 heteroatoms. The van der Waals surface area contributed by atoms with Crippen molar-refractivity contribution in [3.8, 4) is 0 Å². The Morgan fingerprint density at radius 2 is 1.90 bits per heavy atom. The maximum atomic E-state index is 5.61. The van der Waals surface area contributed by atoms with Crippen molar-refractivity contribution in [1.29, 1.82) is 0 Å². The van der Waals surface area contributed by atoms with Gasteiger partial charge in [-0.25, -0.2) is 0 Å². The number of aromatic nitrogens is 1. The number of aryl methyl sites for hydroxylation is 1. The summed E-state index contributed by atoms with van der Waals surface area (Å²) in [4.78, 5) is 0. The zero-order chi connectivity index (χ0) is 13.8. The lowest BCUT2D eigenvalue weighted by atomic mass is 10.1. The van der Waals surface area contributed by atoms with Gasteiger partial charge >= 0.3 is 0 Å². The van der Waals surface area contributed by atoms with Gasteiger partial charge in [0.2, 0.25) is 0 Å². The van der Waals surface area contributed by atoms with Crippen LogP contribution in [-0.4, -0.2) is 11.1 Å². The van der Waals surface area contributed by atoms with E-state index in [0.29, 0.717) is 0 Å². The standard InChI is InChI=1S/C18H26N2/c19-12-6-5-9-16-14-20(13-15-7-1-2-8-15)18-11-4-3-10-17(16)18/h3-4,10-11,14-15H,1-2,5-9,12-13,19H2. The van der Waals surface area contributed by atoms with Crippen molar-refractivity contribution in [2.24, 2.45) is 11.7 Å². The van der Waals surface area contributed by atoms with Crippen molar-refractivity contribution < 1.29 is 0 Å². The first-order chi connectivity index (χ1) is 9.88. The predicted octanol–water partition coefficient (Wildman–Crippen LogP) is 4.11. The summed E-state index contributed by atoms with van der Waals surface area (Å²) < 4.78 is 2.50. The van der Waals surface area contributed by atoms with Crippen LogP contribution in [-0.2, 0) is 13.0 Å². The average molecular weight is 270 g/mol. The van der Waals surface area contributed by atoms with Crippen LogP contribution in [0.4, 0.5) is 0 Å². The van der Waals surface area contributed by atoms with Crippen LogP contribution < -0.4 is 5.73 Å². The Morgan fingerprint density at radius 3 is 2.70 bits per heavy atom. The van der Waals surface area contributed by atoms with Crippen LogP contribution in [0.3, 0.4) is 0 Å². The van der Waals surface area contributed by atoms with Crippen molar-refractivity contribution in [1.82, 2.24) is 4.57 Å². The van der Waals surface area contributed by atoms with E-state index >= 15 is 0 Å². The third kappa shape index (κ3) is 2.90. The van der Waals surface area contributed by atoms with Gasteiger partial charge in [-0.15, -0.1) is 0 Å². The van der Waals surface area contributed by atoms with E-state index in [2.05, 4.69) is 35.0 Å². The molecule has 1 saturated carbocycles. The van der Waals surface area contributed by atoms with E-state index < -0.39 is 0 Å². The number of nitrogens with two attached hydrogens (primary N) is 1. The number of para-hydroxylation sites is 1. The van der Waals surface area contributed by atoms with Crippen LogP contribution in [0.1, 0.15) is 44.1 Å². The SMILES string of the molecule is NCCCCc1cn(CC2CCCC2)c2ccccc12. The molecule has 1 aliphatic carbocycles. The zero-order valence-electron chi connectivity index (χ0n) is 12.4. The molecule has 0 saturated heterocycles. The monoisotopic (exact) mass is 270 g/mol. The number of unbranched alkanes of at least 4 members (excludes halogenated alkanes) is 1. The Kier molecular flexibility index (Phi) is 4.41. The van der Waals surface area contributed by atoms with Crippen LogP contribution in [0.25, 0.3) is 10.9 Å². The third-order valence-corrected chi connectivity index (χ3v) is 4.70. The number of fused-ring (bicyclic) bond motifs is 1. The number of benzene rings is 1. The summed E-state index contributed by atoms with van der Waals surface area (Å²) in [7, 11) is 0. The van der Waals surface area contributed by atoms with Gasteiger partial charge in [0, 0.05) is 23.6 Å². The molecule has 1 heterocycles. The number of hydrogen-bond donors (Lipinski definition) is 1. The van der Waals surface area contributed by atoms with E-state index in [0.717, 1.165) is 25.3 Å². The van der Waals surface area contributed by atoms with E-state index in [4.69, 9.17) is 5.73 Å². The largest absolute Gasteiger partial charge is 0.347 e. The average Bonchev–Trinajstić information content (AvgIpc) is 3.09. The third-order valence-electron chi connectivity index (χ3n) is 4.70. The van der Waals surface area contributed by atoms with Gasteiger partial charge in [0.25, 0.3) is 0 Å². The second-order valence-electron chi connectivity index (χ2n) is 6.22. The van der Waals surface area contributed by atoms with E-state index in [1.807, 2.05) is 0 Å². The first-order valence-electron chi connectivity index (χ1n) is 8.15. The lowest BCUT2D eigenvalue weighted by Crippen LogP contribution is -2.05. The molecule has 2 aromatic rings.